The minimum atomic E-state index is -0.257. The van der Waals surface area contributed by atoms with Gasteiger partial charge in [-0.1, -0.05) is 20.8 Å². The highest BCUT2D eigenvalue weighted by molar-refractivity contribution is 5.97. The molecule has 0 bridgehead atoms. The van der Waals surface area contributed by atoms with E-state index in [0.29, 0.717) is 5.56 Å². The Morgan fingerprint density at radius 3 is 2.29 bits per heavy atom. The highest BCUT2D eigenvalue weighted by Crippen LogP contribution is 2.27. The van der Waals surface area contributed by atoms with Gasteiger partial charge in [-0.2, -0.15) is 0 Å². The van der Waals surface area contributed by atoms with Gasteiger partial charge in [0.05, 0.1) is 11.0 Å². The number of rotatable bonds is 3. The van der Waals surface area contributed by atoms with Crippen LogP contribution in [-0.2, 0) is 0 Å². The van der Waals surface area contributed by atoms with Crippen LogP contribution in [0.15, 0.2) is 30.6 Å². The SMILES string of the molecule is CC(C)(C)CC(C)(C)NC(=O)c1ccc2nccnc2c1. The van der Waals surface area contributed by atoms with E-state index in [1.807, 2.05) is 6.07 Å². The Kier molecular flexibility index (Phi) is 3.99. The third kappa shape index (κ3) is 4.25. The van der Waals surface area contributed by atoms with Gasteiger partial charge in [-0.25, -0.2) is 0 Å². The Morgan fingerprint density at radius 2 is 1.67 bits per heavy atom. The number of carbonyl (C=O) groups excluding carboxylic acids is 1. The van der Waals surface area contributed by atoms with Gasteiger partial charge >= 0.3 is 0 Å². The molecule has 0 aliphatic carbocycles. The lowest BCUT2D eigenvalue weighted by atomic mass is 9.81. The quantitative estimate of drug-likeness (QED) is 0.938. The lowest BCUT2D eigenvalue weighted by Crippen LogP contribution is -2.45. The number of benzene rings is 1. The van der Waals surface area contributed by atoms with Crippen LogP contribution in [0, 0.1) is 5.41 Å². The lowest BCUT2D eigenvalue weighted by molar-refractivity contribution is 0.0891. The average Bonchev–Trinajstić information content (AvgIpc) is 2.34. The van der Waals surface area contributed by atoms with Gasteiger partial charge in [0, 0.05) is 23.5 Å². The van der Waals surface area contributed by atoms with E-state index in [1.165, 1.54) is 0 Å². The molecule has 0 spiro atoms. The molecule has 1 aromatic heterocycles. The standard InChI is InChI=1S/C17H23N3O/c1-16(2,3)11-17(4,5)20-15(21)12-6-7-13-14(10-12)19-9-8-18-13/h6-10H,11H2,1-5H3,(H,20,21). The molecule has 4 heteroatoms. The molecule has 0 aliphatic rings. The number of nitrogens with one attached hydrogen (secondary N) is 1. The fraction of sp³-hybridized carbons (Fsp3) is 0.471. The summed E-state index contributed by atoms with van der Waals surface area (Å²) in [6, 6.07) is 5.40. The van der Waals surface area contributed by atoms with Gasteiger partial charge < -0.3 is 5.32 Å². The van der Waals surface area contributed by atoms with E-state index in [0.717, 1.165) is 17.5 Å². The second-order valence-electron chi connectivity index (χ2n) is 7.34. The minimum Gasteiger partial charge on any atom is -0.347 e. The summed E-state index contributed by atoms with van der Waals surface area (Å²) < 4.78 is 0. The topological polar surface area (TPSA) is 54.9 Å². The Balaban J connectivity index is 2.18. The monoisotopic (exact) mass is 285 g/mol. The van der Waals surface area contributed by atoms with Crippen LogP contribution in [0.3, 0.4) is 0 Å². The minimum absolute atomic E-state index is 0.0724. The number of aromatic nitrogens is 2. The molecule has 0 unspecified atom stereocenters. The second kappa shape index (κ2) is 5.43. The number of nitrogens with zero attached hydrogens (tertiary/aromatic N) is 2. The van der Waals surface area contributed by atoms with Gasteiger partial charge in [0.2, 0.25) is 0 Å². The molecule has 0 atom stereocenters. The Bertz CT molecular complexity index is 656. The van der Waals surface area contributed by atoms with Crippen LogP contribution in [0.5, 0.6) is 0 Å². The van der Waals surface area contributed by atoms with Gasteiger partial charge in [-0.3, -0.25) is 14.8 Å². The van der Waals surface area contributed by atoms with E-state index in [4.69, 9.17) is 0 Å². The summed E-state index contributed by atoms with van der Waals surface area (Å²) in [6.07, 6.45) is 4.18. The largest absolute Gasteiger partial charge is 0.347 e. The van der Waals surface area contributed by atoms with Crippen molar-refractivity contribution in [2.75, 3.05) is 0 Å². The van der Waals surface area contributed by atoms with E-state index in [1.54, 1.807) is 24.5 Å². The zero-order chi connectivity index (χ0) is 15.7. The summed E-state index contributed by atoms with van der Waals surface area (Å²) in [6.45, 7) is 10.6. The molecule has 2 aromatic rings. The maximum absolute atomic E-state index is 12.4. The molecule has 0 fully saturated rings. The number of hydrogen-bond acceptors (Lipinski definition) is 3. The molecule has 112 valence electrons. The van der Waals surface area contributed by atoms with Crippen LogP contribution in [-0.4, -0.2) is 21.4 Å². The normalized spacial score (nSPS) is 12.4. The highest BCUT2D eigenvalue weighted by Gasteiger charge is 2.27. The van der Waals surface area contributed by atoms with Gasteiger partial charge in [-0.05, 0) is 43.9 Å². The molecule has 21 heavy (non-hydrogen) atoms. The first-order valence-electron chi connectivity index (χ1n) is 7.20. The third-order valence-electron chi connectivity index (χ3n) is 3.16. The fourth-order valence-electron chi connectivity index (χ4n) is 2.85. The Labute approximate surface area is 126 Å². The maximum atomic E-state index is 12.4. The van der Waals surface area contributed by atoms with E-state index in [9.17, 15) is 4.79 Å². The van der Waals surface area contributed by atoms with Crippen molar-refractivity contribution in [1.82, 2.24) is 15.3 Å². The molecular formula is C17H23N3O. The van der Waals surface area contributed by atoms with Gasteiger partial charge in [-0.15, -0.1) is 0 Å². The van der Waals surface area contributed by atoms with Gasteiger partial charge in [0.15, 0.2) is 0 Å². The summed E-state index contributed by atoms with van der Waals surface area (Å²) in [5, 5.41) is 3.11. The molecular weight excluding hydrogens is 262 g/mol. The van der Waals surface area contributed by atoms with Crippen LogP contribution in [0.25, 0.3) is 11.0 Å². The Morgan fingerprint density at radius 1 is 1.05 bits per heavy atom. The van der Waals surface area contributed by atoms with Crippen molar-refractivity contribution in [3.05, 3.63) is 36.2 Å². The average molecular weight is 285 g/mol. The van der Waals surface area contributed by atoms with Gasteiger partial charge in [0.25, 0.3) is 5.91 Å². The molecule has 0 radical (unpaired) electrons. The zero-order valence-corrected chi connectivity index (χ0v) is 13.4. The second-order valence-corrected chi connectivity index (χ2v) is 7.34. The highest BCUT2D eigenvalue weighted by atomic mass is 16.1. The van der Waals surface area contributed by atoms with Crippen LogP contribution in [0.4, 0.5) is 0 Å². The summed E-state index contributed by atoms with van der Waals surface area (Å²) in [4.78, 5) is 20.9. The van der Waals surface area contributed by atoms with Crippen molar-refractivity contribution in [2.45, 2.75) is 46.6 Å². The van der Waals surface area contributed by atoms with Crippen LogP contribution < -0.4 is 5.32 Å². The molecule has 0 saturated carbocycles. The van der Waals surface area contributed by atoms with E-state index in [-0.39, 0.29) is 16.9 Å². The van der Waals surface area contributed by atoms with Crippen LogP contribution in [0.2, 0.25) is 0 Å². The predicted molar refractivity (Wildman–Crippen MR) is 85.2 cm³/mol. The van der Waals surface area contributed by atoms with Crippen molar-refractivity contribution < 1.29 is 4.79 Å². The van der Waals surface area contributed by atoms with Crippen molar-refractivity contribution in [2.24, 2.45) is 5.41 Å². The molecule has 0 saturated heterocycles. The first-order valence-corrected chi connectivity index (χ1v) is 7.20. The van der Waals surface area contributed by atoms with E-state index < -0.39 is 0 Å². The summed E-state index contributed by atoms with van der Waals surface area (Å²) in [5.74, 6) is -0.0724. The summed E-state index contributed by atoms with van der Waals surface area (Å²) in [5.41, 5.74) is 2.05. The third-order valence-corrected chi connectivity index (χ3v) is 3.16. The number of carbonyl (C=O) groups is 1. The number of fused-ring (bicyclic) bond motifs is 1. The van der Waals surface area contributed by atoms with Gasteiger partial charge in [0.1, 0.15) is 0 Å². The summed E-state index contributed by atoms with van der Waals surface area (Å²) in [7, 11) is 0. The van der Waals surface area contributed by atoms with Crippen molar-refractivity contribution in [3.8, 4) is 0 Å². The van der Waals surface area contributed by atoms with Crippen molar-refractivity contribution in [1.29, 1.82) is 0 Å². The predicted octanol–water partition coefficient (Wildman–Crippen LogP) is 3.57. The summed E-state index contributed by atoms with van der Waals surface area (Å²) >= 11 is 0. The van der Waals surface area contributed by atoms with E-state index in [2.05, 4.69) is 49.9 Å². The smallest absolute Gasteiger partial charge is 0.251 e. The fourth-order valence-corrected chi connectivity index (χ4v) is 2.85. The molecule has 1 amide bonds. The van der Waals surface area contributed by atoms with Crippen molar-refractivity contribution in [3.63, 3.8) is 0 Å². The maximum Gasteiger partial charge on any atom is 0.251 e. The zero-order valence-electron chi connectivity index (χ0n) is 13.4. The van der Waals surface area contributed by atoms with Crippen LogP contribution >= 0.6 is 0 Å². The number of hydrogen-bond donors (Lipinski definition) is 1. The molecule has 0 aliphatic heterocycles. The Hall–Kier alpha value is -1.97. The molecule has 1 N–H and O–H groups in total. The molecule has 2 rings (SSSR count). The molecule has 1 aromatic carbocycles. The number of amides is 1. The first kappa shape index (κ1) is 15.4. The lowest BCUT2D eigenvalue weighted by Gasteiger charge is -2.33. The van der Waals surface area contributed by atoms with Crippen LogP contribution in [0.1, 0.15) is 51.4 Å². The molecule has 4 nitrogen and oxygen atoms in total. The molecule has 1 heterocycles. The first-order chi connectivity index (χ1) is 9.66. The van der Waals surface area contributed by atoms with E-state index >= 15 is 0 Å². The van der Waals surface area contributed by atoms with Crippen molar-refractivity contribution >= 4 is 16.9 Å².